The molecule has 0 spiro atoms. The van der Waals surface area contributed by atoms with Gasteiger partial charge in [-0.3, -0.25) is 15.0 Å². The van der Waals surface area contributed by atoms with E-state index < -0.39 is 0 Å². The average Bonchev–Trinajstić information content (AvgIpc) is 3.21. The number of nitrogens with zero attached hydrogens (tertiary/aromatic N) is 2. The molecule has 3 N–H and O–H groups in total. The number of amidine groups is 1. The summed E-state index contributed by atoms with van der Waals surface area (Å²) >= 11 is 0. The first-order chi connectivity index (χ1) is 13.5. The third-order valence-corrected chi connectivity index (χ3v) is 4.92. The van der Waals surface area contributed by atoms with Crippen molar-refractivity contribution < 1.29 is 19.1 Å². The summed E-state index contributed by atoms with van der Waals surface area (Å²) in [5.41, 5.74) is 7.11. The van der Waals surface area contributed by atoms with Crippen LogP contribution in [0, 0.1) is 5.41 Å². The normalized spacial score (nSPS) is 15.4. The van der Waals surface area contributed by atoms with Crippen LogP contribution in [-0.4, -0.2) is 60.4 Å². The number of amides is 2. The molecule has 2 amide bonds. The van der Waals surface area contributed by atoms with Crippen LogP contribution in [0.25, 0.3) is 0 Å². The van der Waals surface area contributed by atoms with E-state index in [0.29, 0.717) is 54.4 Å². The summed E-state index contributed by atoms with van der Waals surface area (Å²) in [5, 5.41) is 7.41. The molecule has 0 aliphatic carbocycles. The summed E-state index contributed by atoms with van der Waals surface area (Å²) in [5.74, 6) is 1.01. The Bertz CT molecular complexity index is 934. The van der Waals surface area contributed by atoms with E-state index in [-0.39, 0.29) is 24.4 Å². The van der Waals surface area contributed by atoms with Gasteiger partial charge in [0.2, 0.25) is 6.79 Å². The van der Waals surface area contributed by atoms with Gasteiger partial charge in [-0.05, 0) is 30.3 Å². The number of carbonyl (C=O) groups is 2. The van der Waals surface area contributed by atoms with Gasteiger partial charge in [-0.25, -0.2) is 0 Å². The SMILES string of the molecule is N=C(N)c1ccc(C(=O)N2CCN(C(=O)c3ccc4c(c3)OCO4)CC2)cc1. The molecule has 0 bridgehead atoms. The monoisotopic (exact) mass is 380 g/mol. The molecule has 2 aromatic carbocycles. The number of rotatable bonds is 3. The highest BCUT2D eigenvalue weighted by Gasteiger charge is 2.26. The van der Waals surface area contributed by atoms with Crippen LogP contribution in [0.2, 0.25) is 0 Å². The zero-order chi connectivity index (χ0) is 19.7. The van der Waals surface area contributed by atoms with Gasteiger partial charge in [0.25, 0.3) is 11.8 Å². The highest BCUT2D eigenvalue weighted by molar-refractivity contribution is 5.98. The van der Waals surface area contributed by atoms with Crippen LogP contribution in [0.1, 0.15) is 26.3 Å². The van der Waals surface area contributed by atoms with Gasteiger partial charge in [0.15, 0.2) is 11.5 Å². The molecule has 0 unspecified atom stereocenters. The van der Waals surface area contributed by atoms with E-state index in [2.05, 4.69) is 0 Å². The summed E-state index contributed by atoms with van der Waals surface area (Å²) in [6, 6.07) is 11.8. The highest BCUT2D eigenvalue weighted by atomic mass is 16.7. The molecule has 28 heavy (non-hydrogen) atoms. The largest absolute Gasteiger partial charge is 0.454 e. The summed E-state index contributed by atoms with van der Waals surface area (Å²) < 4.78 is 10.6. The minimum Gasteiger partial charge on any atom is -0.454 e. The quantitative estimate of drug-likeness (QED) is 0.616. The van der Waals surface area contributed by atoms with Gasteiger partial charge in [0.1, 0.15) is 5.84 Å². The van der Waals surface area contributed by atoms with Crippen LogP contribution in [-0.2, 0) is 0 Å². The fourth-order valence-corrected chi connectivity index (χ4v) is 3.30. The van der Waals surface area contributed by atoms with E-state index in [0.717, 1.165) is 0 Å². The number of nitrogen functional groups attached to an aromatic ring is 1. The minimum atomic E-state index is -0.0923. The van der Waals surface area contributed by atoms with Gasteiger partial charge in [-0.15, -0.1) is 0 Å². The van der Waals surface area contributed by atoms with E-state index in [1.165, 1.54) is 0 Å². The van der Waals surface area contributed by atoms with E-state index >= 15 is 0 Å². The second-order valence-corrected chi connectivity index (χ2v) is 6.64. The van der Waals surface area contributed by atoms with Crippen molar-refractivity contribution in [3.8, 4) is 11.5 Å². The number of fused-ring (bicyclic) bond motifs is 1. The molecular weight excluding hydrogens is 360 g/mol. The number of nitrogens with one attached hydrogen (secondary N) is 1. The Morgan fingerprint density at radius 1 is 0.786 bits per heavy atom. The molecule has 0 saturated carbocycles. The Balaban J connectivity index is 1.38. The van der Waals surface area contributed by atoms with Crippen LogP contribution in [0.3, 0.4) is 0 Å². The zero-order valence-corrected chi connectivity index (χ0v) is 15.2. The summed E-state index contributed by atoms with van der Waals surface area (Å²) in [6.07, 6.45) is 0. The number of benzene rings is 2. The molecule has 2 aliphatic rings. The first kappa shape index (κ1) is 17.8. The zero-order valence-electron chi connectivity index (χ0n) is 15.2. The van der Waals surface area contributed by atoms with Gasteiger partial charge < -0.3 is 25.0 Å². The smallest absolute Gasteiger partial charge is 0.254 e. The maximum atomic E-state index is 12.7. The molecule has 2 heterocycles. The first-order valence-corrected chi connectivity index (χ1v) is 8.95. The van der Waals surface area contributed by atoms with E-state index in [1.54, 1.807) is 52.3 Å². The van der Waals surface area contributed by atoms with Crippen molar-refractivity contribution in [3.63, 3.8) is 0 Å². The molecule has 144 valence electrons. The number of ether oxygens (including phenoxy) is 2. The predicted molar refractivity (Wildman–Crippen MR) is 102 cm³/mol. The van der Waals surface area contributed by atoms with Crippen LogP contribution in [0.5, 0.6) is 11.5 Å². The summed E-state index contributed by atoms with van der Waals surface area (Å²) in [4.78, 5) is 28.9. The number of nitrogens with two attached hydrogens (primary N) is 1. The number of hydrogen-bond acceptors (Lipinski definition) is 5. The topological polar surface area (TPSA) is 109 Å². The summed E-state index contributed by atoms with van der Waals surface area (Å²) in [6.45, 7) is 2.02. The molecule has 8 nitrogen and oxygen atoms in total. The van der Waals surface area contributed by atoms with Crippen LogP contribution < -0.4 is 15.2 Å². The lowest BCUT2D eigenvalue weighted by Crippen LogP contribution is -2.50. The van der Waals surface area contributed by atoms with Crippen molar-refractivity contribution in [3.05, 3.63) is 59.2 Å². The number of piperazine rings is 1. The molecule has 2 aromatic rings. The van der Waals surface area contributed by atoms with E-state index in [9.17, 15) is 9.59 Å². The van der Waals surface area contributed by atoms with Crippen LogP contribution in [0.4, 0.5) is 0 Å². The fourth-order valence-electron chi connectivity index (χ4n) is 3.30. The standard InChI is InChI=1S/C20H20N4O4/c21-18(22)13-1-3-14(4-2-13)19(25)23-7-9-24(10-8-23)20(26)15-5-6-16-17(11-15)28-12-27-16/h1-6,11H,7-10,12H2,(H3,21,22). The molecule has 8 heteroatoms. The van der Waals surface area contributed by atoms with Crippen LogP contribution >= 0.6 is 0 Å². The van der Waals surface area contributed by atoms with Crippen molar-refractivity contribution in [1.82, 2.24) is 9.80 Å². The van der Waals surface area contributed by atoms with E-state index in [1.807, 2.05) is 0 Å². The van der Waals surface area contributed by atoms with Crippen LogP contribution in [0.15, 0.2) is 42.5 Å². The first-order valence-electron chi connectivity index (χ1n) is 8.95. The Morgan fingerprint density at radius 2 is 1.29 bits per heavy atom. The lowest BCUT2D eigenvalue weighted by Gasteiger charge is -2.35. The Hall–Kier alpha value is -3.55. The van der Waals surface area contributed by atoms with Crippen molar-refractivity contribution >= 4 is 17.6 Å². The van der Waals surface area contributed by atoms with Crippen molar-refractivity contribution in [1.29, 1.82) is 5.41 Å². The maximum Gasteiger partial charge on any atom is 0.254 e. The Kier molecular flexibility index (Phi) is 4.60. The van der Waals surface area contributed by atoms with E-state index in [4.69, 9.17) is 20.6 Å². The second-order valence-electron chi connectivity index (χ2n) is 6.64. The Morgan fingerprint density at radius 3 is 1.89 bits per heavy atom. The molecule has 0 atom stereocenters. The third-order valence-electron chi connectivity index (χ3n) is 4.92. The van der Waals surface area contributed by atoms with Gasteiger partial charge >= 0.3 is 0 Å². The predicted octanol–water partition coefficient (Wildman–Crippen LogP) is 1.30. The molecular formula is C20H20N4O4. The average molecular weight is 380 g/mol. The van der Waals surface area contributed by atoms with Gasteiger partial charge in [0, 0.05) is 42.9 Å². The van der Waals surface area contributed by atoms with Gasteiger partial charge in [-0.1, -0.05) is 12.1 Å². The fraction of sp³-hybridized carbons (Fsp3) is 0.250. The lowest BCUT2D eigenvalue weighted by molar-refractivity contribution is 0.0535. The summed E-state index contributed by atoms with van der Waals surface area (Å²) in [7, 11) is 0. The second kappa shape index (κ2) is 7.22. The number of carbonyl (C=O) groups excluding carboxylic acids is 2. The molecule has 0 aromatic heterocycles. The molecule has 1 saturated heterocycles. The molecule has 0 radical (unpaired) electrons. The number of hydrogen-bond donors (Lipinski definition) is 2. The van der Waals surface area contributed by atoms with Crippen molar-refractivity contribution in [2.24, 2.45) is 5.73 Å². The lowest BCUT2D eigenvalue weighted by atomic mass is 10.1. The Labute approximate surface area is 161 Å². The maximum absolute atomic E-state index is 12.7. The molecule has 4 rings (SSSR count). The molecule has 2 aliphatic heterocycles. The van der Waals surface area contributed by atoms with Gasteiger partial charge in [-0.2, -0.15) is 0 Å². The third kappa shape index (κ3) is 3.36. The highest BCUT2D eigenvalue weighted by Crippen LogP contribution is 2.32. The van der Waals surface area contributed by atoms with Gasteiger partial charge in [0.05, 0.1) is 0 Å². The molecule has 1 fully saturated rings. The van der Waals surface area contributed by atoms with Crippen molar-refractivity contribution in [2.45, 2.75) is 0 Å². The minimum absolute atomic E-state index is 0.0327. The van der Waals surface area contributed by atoms with Crippen molar-refractivity contribution in [2.75, 3.05) is 33.0 Å².